The summed E-state index contributed by atoms with van der Waals surface area (Å²) in [5.41, 5.74) is 5.58. The molecule has 1 aliphatic heterocycles. The molecular formula is C12H22N6O. The quantitative estimate of drug-likeness (QED) is 0.807. The lowest BCUT2D eigenvalue weighted by molar-refractivity contribution is 0.215. The first-order chi connectivity index (χ1) is 9.17. The second kappa shape index (κ2) is 6.51. The summed E-state index contributed by atoms with van der Waals surface area (Å²) in [6.07, 6.45) is 3.66. The van der Waals surface area contributed by atoms with Crippen LogP contribution in [0.4, 0.5) is 11.9 Å². The molecule has 0 radical (unpaired) electrons. The fraction of sp³-hybridized carbons (Fsp3) is 0.750. The molecule has 3 N–H and O–H groups in total. The van der Waals surface area contributed by atoms with Gasteiger partial charge in [0.25, 0.3) is 0 Å². The Morgan fingerprint density at radius 1 is 1.32 bits per heavy atom. The number of hydrogen-bond donors (Lipinski definition) is 2. The van der Waals surface area contributed by atoms with Crippen molar-refractivity contribution in [2.75, 3.05) is 44.8 Å². The number of nitrogen functional groups attached to an aromatic ring is 1. The number of methoxy groups -OCH3 is 1. The zero-order chi connectivity index (χ0) is 13.7. The maximum absolute atomic E-state index is 5.58. The Bertz CT molecular complexity index is 405. The number of nitrogens with one attached hydrogen (secondary N) is 1. The van der Waals surface area contributed by atoms with Crippen molar-refractivity contribution in [3.8, 4) is 6.01 Å². The lowest BCUT2D eigenvalue weighted by atomic mass is 9.94. The minimum atomic E-state index is 0.175. The van der Waals surface area contributed by atoms with Gasteiger partial charge in [0.15, 0.2) is 0 Å². The van der Waals surface area contributed by atoms with Gasteiger partial charge in [-0.3, -0.25) is 0 Å². The molecule has 1 aliphatic rings. The van der Waals surface area contributed by atoms with Crippen LogP contribution in [0.2, 0.25) is 0 Å². The molecule has 106 valence electrons. The van der Waals surface area contributed by atoms with Gasteiger partial charge in [-0.05, 0) is 45.3 Å². The molecule has 1 aromatic rings. The summed E-state index contributed by atoms with van der Waals surface area (Å²) in [4.78, 5) is 14.4. The van der Waals surface area contributed by atoms with Crippen LogP contribution in [0, 0.1) is 5.92 Å². The molecule has 0 saturated carbocycles. The smallest absolute Gasteiger partial charge is 0.322 e. The topological polar surface area (TPSA) is 89.2 Å². The van der Waals surface area contributed by atoms with Crippen molar-refractivity contribution in [2.24, 2.45) is 5.92 Å². The monoisotopic (exact) mass is 266 g/mol. The molecule has 2 rings (SSSR count). The van der Waals surface area contributed by atoms with E-state index in [0.717, 1.165) is 18.9 Å². The minimum Gasteiger partial charge on any atom is -0.467 e. The van der Waals surface area contributed by atoms with Crippen LogP contribution >= 0.6 is 0 Å². The molecule has 7 heteroatoms. The van der Waals surface area contributed by atoms with Crippen LogP contribution in [0.15, 0.2) is 0 Å². The number of nitrogens with two attached hydrogens (primary N) is 1. The van der Waals surface area contributed by atoms with E-state index < -0.39 is 0 Å². The molecular weight excluding hydrogens is 244 g/mol. The Morgan fingerprint density at radius 2 is 2.05 bits per heavy atom. The average molecular weight is 266 g/mol. The summed E-state index contributed by atoms with van der Waals surface area (Å²) in [6.45, 7) is 3.23. The van der Waals surface area contributed by atoms with Gasteiger partial charge in [0.2, 0.25) is 11.9 Å². The van der Waals surface area contributed by atoms with Gasteiger partial charge in [0.05, 0.1) is 7.11 Å². The van der Waals surface area contributed by atoms with Gasteiger partial charge in [-0.1, -0.05) is 0 Å². The molecule has 0 atom stereocenters. The minimum absolute atomic E-state index is 0.175. The standard InChI is InChI=1S/C12H22N6O/c1-18-7-4-9(5-8-18)3-6-14-11-15-10(13)16-12(17-11)19-2/h9H,3-8H2,1-2H3,(H3,13,14,15,16,17). The summed E-state index contributed by atoms with van der Waals surface area (Å²) >= 11 is 0. The highest BCUT2D eigenvalue weighted by Crippen LogP contribution is 2.19. The van der Waals surface area contributed by atoms with Crippen LogP contribution in [-0.2, 0) is 0 Å². The van der Waals surface area contributed by atoms with Gasteiger partial charge < -0.3 is 20.7 Å². The molecule has 19 heavy (non-hydrogen) atoms. The van der Waals surface area contributed by atoms with E-state index in [4.69, 9.17) is 10.5 Å². The lowest BCUT2D eigenvalue weighted by Crippen LogP contribution is -2.30. The van der Waals surface area contributed by atoms with Gasteiger partial charge in [-0.15, -0.1) is 0 Å². The molecule has 0 aromatic carbocycles. The van der Waals surface area contributed by atoms with Crippen molar-refractivity contribution in [2.45, 2.75) is 19.3 Å². The Kier molecular flexibility index (Phi) is 4.73. The number of hydrogen-bond acceptors (Lipinski definition) is 7. The van der Waals surface area contributed by atoms with Crippen LogP contribution in [-0.4, -0.2) is 53.6 Å². The van der Waals surface area contributed by atoms with Gasteiger partial charge in [-0.25, -0.2) is 0 Å². The maximum atomic E-state index is 5.58. The number of likely N-dealkylation sites (tertiary alicyclic amines) is 1. The molecule has 0 bridgehead atoms. The van der Waals surface area contributed by atoms with Gasteiger partial charge in [0.1, 0.15) is 0 Å². The molecule has 1 aromatic heterocycles. The summed E-state index contributed by atoms with van der Waals surface area (Å²) in [5.74, 6) is 1.44. The predicted molar refractivity (Wildman–Crippen MR) is 74.1 cm³/mol. The van der Waals surface area contributed by atoms with Crippen molar-refractivity contribution >= 4 is 11.9 Å². The van der Waals surface area contributed by atoms with Crippen LogP contribution in [0.5, 0.6) is 6.01 Å². The first-order valence-electron chi connectivity index (χ1n) is 6.65. The van der Waals surface area contributed by atoms with Crippen molar-refractivity contribution in [3.63, 3.8) is 0 Å². The summed E-state index contributed by atoms with van der Waals surface area (Å²) in [5, 5.41) is 3.18. The zero-order valence-electron chi connectivity index (χ0n) is 11.6. The molecule has 0 aliphatic carbocycles. The summed E-state index contributed by atoms with van der Waals surface area (Å²) in [6, 6.07) is 0.245. The van der Waals surface area contributed by atoms with E-state index in [1.165, 1.54) is 33.0 Å². The van der Waals surface area contributed by atoms with E-state index >= 15 is 0 Å². The van der Waals surface area contributed by atoms with Crippen LogP contribution in [0.3, 0.4) is 0 Å². The first-order valence-corrected chi connectivity index (χ1v) is 6.65. The molecule has 1 saturated heterocycles. The van der Waals surface area contributed by atoms with E-state index in [1.807, 2.05) is 0 Å². The van der Waals surface area contributed by atoms with Crippen LogP contribution < -0.4 is 15.8 Å². The summed E-state index contributed by atoms with van der Waals surface area (Å²) in [7, 11) is 3.69. The second-order valence-corrected chi connectivity index (χ2v) is 4.97. The maximum Gasteiger partial charge on any atom is 0.322 e. The lowest BCUT2D eigenvalue weighted by Gasteiger charge is -2.28. The Morgan fingerprint density at radius 3 is 2.74 bits per heavy atom. The Balaban J connectivity index is 1.77. The van der Waals surface area contributed by atoms with E-state index in [2.05, 4.69) is 32.2 Å². The van der Waals surface area contributed by atoms with E-state index in [0.29, 0.717) is 5.95 Å². The third-order valence-corrected chi connectivity index (χ3v) is 3.49. The van der Waals surface area contributed by atoms with Crippen LogP contribution in [0.1, 0.15) is 19.3 Å². The predicted octanol–water partition coefficient (Wildman–Crippen LogP) is 0.606. The molecule has 0 spiro atoms. The highest BCUT2D eigenvalue weighted by molar-refractivity contribution is 5.32. The number of ether oxygens (including phenoxy) is 1. The first kappa shape index (κ1) is 13.8. The fourth-order valence-electron chi connectivity index (χ4n) is 2.28. The Hall–Kier alpha value is -1.63. The molecule has 0 unspecified atom stereocenters. The molecule has 1 fully saturated rings. The second-order valence-electron chi connectivity index (χ2n) is 4.97. The highest BCUT2D eigenvalue weighted by atomic mass is 16.5. The number of nitrogens with zero attached hydrogens (tertiary/aromatic N) is 4. The summed E-state index contributed by atoms with van der Waals surface area (Å²) < 4.78 is 4.96. The molecule has 2 heterocycles. The largest absolute Gasteiger partial charge is 0.467 e. The normalized spacial score (nSPS) is 17.4. The molecule has 7 nitrogen and oxygen atoms in total. The van der Waals surface area contributed by atoms with E-state index in [-0.39, 0.29) is 12.0 Å². The number of rotatable bonds is 5. The number of anilines is 2. The molecule has 0 amide bonds. The Labute approximate surface area is 113 Å². The zero-order valence-corrected chi connectivity index (χ0v) is 11.6. The van der Waals surface area contributed by atoms with Gasteiger partial charge in [0, 0.05) is 6.54 Å². The van der Waals surface area contributed by atoms with Crippen molar-refractivity contribution in [3.05, 3.63) is 0 Å². The van der Waals surface area contributed by atoms with Gasteiger partial charge in [-0.2, -0.15) is 15.0 Å². The van der Waals surface area contributed by atoms with Crippen molar-refractivity contribution < 1.29 is 4.74 Å². The number of aromatic nitrogens is 3. The van der Waals surface area contributed by atoms with Gasteiger partial charge >= 0.3 is 6.01 Å². The fourth-order valence-corrected chi connectivity index (χ4v) is 2.28. The van der Waals surface area contributed by atoms with E-state index in [9.17, 15) is 0 Å². The third-order valence-electron chi connectivity index (χ3n) is 3.49. The van der Waals surface area contributed by atoms with Crippen LogP contribution in [0.25, 0.3) is 0 Å². The average Bonchev–Trinajstić information content (AvgIpc) is 2.40. The van der Waals surface area contributed by atoms with Crippen molar-refractivity contribution in [1.29, 1.82) is 0 Å². The number of piperidine rings is 1. The SMILES string of the molecule is COc1nc(N)nc(NCCC2CCN(C)CC2)n1. The third kappa shape index (κ3) is 4.20. The highest BCUT2D eigenvalue weighted by Gasteiger charge is 2.16. The van der Waals surface area contributed by atoms with Crippen molar-refractivity contribution in [1.82, 2.24) is 19.9 Å². The van der Waals surface area contributed by atoms with E-state index in [1.54, 1.807) is 0 Å².